The van der Waals surface area contributed by atoms with E-state index >= 15 is 0 Å². The molecule has 1 heterocycles. The second-order valence-corrected chi connectivity index (χ2v) is 3.89. The Morgan fingerprint density at radius 1 is 1.44 bits per heavy atom. The number of hydrogen-bond donors (Lipinski definition) is 1. The van der Waals surface area contributed by atoms with Crippen molar-refractivity contribution in [3.63, 3.8) is 0 Å². The second-order valence-electron chi connectivity index (χ2n) is 3.89. The molecule has 0 saturated carbocycles. The van der Waals surface area contributed by atoms with E-state index in [2.05, 4.69) is 22.0 Å². The summed E-state index contributed by atoms with van der Waals surface area (Å²) >= 11 is 0. The first-order chi connectivity index (χ1) is 8.53. The Bertz CT molecular complexity index is 339. The van der Waals surface area contributed by atoms with E-state index in [0.717, 1.165) is 19.4 Å². The van der Waals surface area contributed by atoms with Gasteiger partial charge in [0.15, 0.2) is 0 Å². The summed E-state index contributed by atoms with van der Waals surface area (Å²) in [6, 6.07) is 0. The lowest BCUT2D eigenvalue weighted by atomic mass is 10.3. The van der Waals surface area contributed by atoms with Crippen LogP contribution >= 0.6 is 0 Å². The number of halogens is 3. The maximum Gasteiger partial charge on any atom is 0.411 e. The van der Waals surface area contributed by atoms with Gasteiger partial charge in [-0.1, -0.05) is 13.3 Å². The number of rotatable bonds is 8. The first-order valence-electron chi connectivity index (χ1n) is 5.92. The summed E-state index contributed by atoms with van der Waals surface area (Å²) in [5.41, 5.74) is 0. The van der Waals surface area contributed by atoms with Crippen molar-refractivity contribution in [1.82, 2.24) is 9.55 Å². The molecular weight excluding hydrogens is 247 g/mol. The Morgan fingerprint density at radius 2 is 2.22 bits per heavy atom. The lowest BCUT2D eigenvalue weighted by Crippen LogP contribution is -2.19. The van der Waals surface area contributed by atoms with E-state index in [9.17, 15) is 13.2 Å². The van der Waals surface area contributed by atoms with Crippen LogP contribution in [0.3, 0.4) is 0 Å². The lowest BCUT2D eigenvalue weighted by Gasteiger charge is -2.11. The van der Waals surface area contributed by atoms with Crippen molar-refractivity contribution >= 4 is 5.95 Å². The van der Waals surface area contributed by atoms with Gasteiger partial charge in [0.05, 0.1) is 6.61 Å². The number of alkyl halides is 3. The number of hydrogen-bond acceptors (Lipinski definition) is 3. The molecule has 1 aromatic heterocycles. The molecule has 0 aliphatic rings. The van der Waals surface area contributed by atoms with E-state index < -0.39 is 12.8 Å². The van der Waals surface area contributed by atoms with Crippen molar-refractivity contribution in [2.45, 2.75) is 32.5 Å². The summed E-state index contributed by atoms with van der Waals surface area (Å²) in [6.45, 7) is 2.04. The molecule has 0 aliphatic carbocycles. The molecule has 0 atom stereocenters. The van der Waals surface area contributed by atoms with Crippen LogP contribution in [0.4, 0.5) is 19.1 Å². The van der Waals surface area contributed by atoms with E-state index in [1.807, 2.05) is 0 Å². The summed E-state index contributed by atoms with van der Waals surface area (Å²) < 4.78 is 41.8. The van der Waals surface area contributed by atoms with Gasteiger partial charge in [0.2, 0.25) is 5.95 Å². The maximum absolute atomic E-state index is 11.8. The van der Waals surface area contributed by atoms with Crippen LogP contribution in [0.1, 0.15) is 19.8 Å². The first-order valence-corrected chi connectivity index (χ1v) is 5.92. The van der Waals surface area contributed by atoms with Crippen molar-refractivity contribution in [3.05, 3.63) is 12.4 Å². The molecule has 1 aromatic rings. The molecular formula is C11H18F3N3O. The SMILES string of the molecule is CCCCNc1nccn1CCOCC(F)(F)F. The topological polar surface area (TPSA) is 39.1 Å². The van der Waals surface area contributed by atoms with E-state index in [0.29, 0.717) is 12.5 Å². The third-order valence-corrected chi connectivity index (χ3v) is 2.27. The quantitative estimate of drug-likeness (QED) is 0.734. The van der Waals surface area contributed by atoms with Crippen molar-refractivity contribution < 1.29 is 17.9 Å². The van der Waals surface area contributed by atoms with E-state index in [1.54, 1.807) is 17.0 Å². The minimum atomic E-state index is -4.27. The van der Waals surface area contributed by atoms with Crippen molar-refractivity contribution in [2.75, 3.05) is 25.1 Å². The van der Waals surface area contributed by atoms with Crippen LogP contribution in [-0.2, 0) is 11.3 Å². The van der Waals surface area contributed by atoms with Gasteiger partial charge in [-0.3, -0.25) is 0 Å². The lowest BCUT2D eigenvalue weighted by molar-refractivity contribution is -0.174. The highest BCUT2D eigenvalue weighted by atomic mass is 19.4. The average Bonchev–Trinajstić information content (AvgIpc) is 2.71. The van der Waals surface area contributed by atoms with Crippen LogP contribution in [-0.4, -0.2) is 35.5 Å². The monoisotopic (exact) mass is 265 g/mol. The molecule has 18 heavy (non-hydrogen) atoms. The van der Waals surface area contributed by atoms with Gasteiger partial charge in [-0.2, -0.15) is 13.2 Å². The van der Waals surface area contributed by atoms with Crippen LogP contribution in [0.15, 0.2) is 12.4 Å². The Morgan fingerprint density at radius 3 is 2.89 bits per heavy atom. The van der Waals surface area contributed by atoms with Gasteiger partial charge >= 0.3 is 6.18 Å². The molecule has 0 aromatic carbocycles. The highest BCUT2D eigenvalue weighted by molar-refractivity contribution is 5.25. The first kappa shape index (κ1) is 14.8. The van der Waals surface area contributed by atoms with Crippen LogP contribution in [0.2, 0.25) is 0 Å². The molecule has 1 rings (SSSR count). The van der Waals surface area contributed by atoms with Gasteiger partial charge in [0.1, 0.15) is 6.61 Å². The van der Waals surface area contributed by atoms with Crippen molar-refractivity contribution in [2.24, 2.45) is 0 Å². The molecule has 1 N–H and O–H groups in total. The summed E-state index contributed by atoms with van der Waals surface area (Å²) in [5.74, 6) is 0.666. The molecule has 0 unspecified atom stereocenters. The average molecular weight is 265 g/mol. The van der Waals surface area contributed by atoms with Crippen LogP contribution in [0, 0.1) is 0 Å². The Hall–Kier alpha value is -1.24. The zero-order valence-corrected chi connectivity index (χ0v) is 10.3. The predicted molar refractivity (Wildman–Crippen MR) is 62.5 cm³/mol. The zero-order valence-electron chi connectivity index (χ0n) is 10.3. The van der Waals surface area contributed by atoms with Gasteiger partial charge in [-0.25, -0.2) is 4.98 Å². The van der Waals surface area contributed by atoms with Gasteiger partial charge in [0.25, 0.3) is 0 Å². The molecule has 0 aliphatic heterocycles. The molecule has 0 fully saturated rings. The number of imidazole rings is 1. The number of nitrogens with zero attached hydrogens (tertiary/aromatic N) is 2. The molecule has 104 valence electrons. The van der Waals surface area contributed by atoms with E-state index in [1.165, 1.54) is 0 Å². The number of aromatic nitrogens is 2. The molecule has 4 nitrogen and oxygen atoms in total. The van der Waals surface area contributed by atoms with Crippen molar-refractivity contribution in [3.8, 4) is 0 Å². The highest BCUT2D eigenvalue weighted by Gasteiger charge is 2.27. The predicted octanol–water partition coefficient (Wildman–Crippen LogP) is 2.67. The van der Waals surface area contributed by atoms with Gasteiger partial charge in [-0.05, 0) is 6.42 Å². The smallest absolute Gasteiger partial charge is 0.370 e. The maximum atomic E-state index is 11.8. The molecule has 0 radical (unpaired) electrons. The highest BCUT2D eigenvalue weighted by Crippen LogP contribution is 2.14. The van der Waals surface area contributed by atoms with E-state index in [4.69, 9.17) is 0 Å². The molecule has 7 heteroatoms. The number of nitrogens with one attached hydrogen (secondary N) is 1. The minimum absolute atomic E-state index is 0.0122. The third kappa shape index (κ3) is 5.90. The fourth-order valence-electron chi connectivity index (χ4n) is 1.38. The number of anilines is 1. The van der Waals surface area contributed by atoms with Crippen LogP contribution < -0.4 is 5.32 Å². The summed E-state index contributed by atoms with van der Waals surface area (Å²) in [5, 5.41) is 3.13. The minimum Gasteiger partial charge on any atom is -0.370 e. The van der Waals surface area contributed by atoms with Crippen LogP contribution in [0.5, 0.6) is 0 Å². The largest absolute Gasteiger partial charge is 0.411 e. The summed E-state index contributed by atoms with van der Waals surface area (Å²) in [7, 11) is 0. The normalized spacial score (nSPS) is 11.8. The number of ether oxygens (including phenoxy) is 1. The fourth-order valence-corrected chi connectivity index (χ4v) is 1.38. The molecule has 0 amide bonds. The van der Waals surface area contributed by atoms with Gasteiger partial charge in [-0.15, -0.1) is 0 Å². The fraction of sp³-hybridized carbons (Fsp3) is 0.727. The number of unbranched alkanes of at least 4 members (excludes halogenated alkanes) is 1. The Kier molecular flexibility index (Phi) is 5.97. The van der Waals surface area contributed by atoms with Crippen LogP contribution in [0.25, 0.3) is 0 Å². The summed E-state index contributed by atoms with van der Waals surface area (Å²) in [4.78, 5) is 4.09. The molecule has 0 spiro atoms. The zero-order chi connectivity index (χ0) is 13.4. The summed E-state index contributed by atoms with van der Waals surface area (Å²) in [6.07, 6.45) is 1.15. The Balaban J connectivity index is 2.27. The van der Waals surface area contributed by atoms with E-state index in [-0.39, 0.29) is 6.61 Å². The third-order valence-electron chi connectivity index (χ3n) is 2.27. The van der Waals surface area contributed by atoms with Crippen molar-refractivity contribution in [1.29, 1.82) is 0 Å². The second kappa shape index (κ2) is 7.25. The van der Waals surface area contributed by atoms with Gasteiger partial charge < -0.3 is 14.6 Å². The standard InChI is InChI=1S/C11H18F3N3O/c1-2-3-4-15-10-16-5-6-17(10)7-8-18-9-11(12,13)14/h5-6H,2-4,7-9H2,1H3,(H,15,16). The molecule has 0 bridgehead atoms. The molecule has 0 saturated heterocycles. The Labute approximate surface area is 104 Å². The van der Waals surface area contributed by atoms with Gasteiger partial charge in [0, 0.05) is 25.5 Å².